The first-order valence-corrected chi connectivity index (χ1v) is 9.44. The molecule has 0 amide bonds. The Bertz CT molecular complexity index is 1190. The van der Waals surface area contributed by atoms with Gasteiger partial charge in [-0.15, -0.1) is 0 Å². The molecule has 30 heavy (non-hydrogen) atoms. The van der Waals surface area contributed by atoms with E-state index in [4.69, 9.17) is 4.74 Å². The Kier molecular flexibility index (Phi) is 5.22. The second kappa shape index (κ2) is 7.98. The molecule has 0 radical (unpaired) electrons. The number of aromatic carboxylic acids is 1. The molecule has 7 nitrogen and oxygen atoms in total. The molecule has 0 spiro atoms. The van der Waals surface area contributed by atoms with E-state index in [0.29, 0.717) is 18.9 Å². The number of carboxylic acids is 1. The number of hydrogen-bond acceptors (Lipinski definition) is 4. The minimum Gasteiger partial charge on any atom is -0.489 e. The third-order valence-corrected chi connectivity index (χ3v) is 5.23. The van der Waals surface area contributed by atoms with E-state index < -0.39 is 5.97 Å². The van der Waals surface area contributed by atoms with Crippen LogP contribution in [0.3, 0.4) is 0 Å². The van der Waals surface area contributed by atoms with Crippen molar-refractivity contribution in [1.29, 1.82) is 0 Å². The number of para-hydroxylation sites is 2. The highest BCUT2D eigenvalue weighted by Crippen LogP contribution is 2.36. The standard InChI is InChI=1S/C23H19N3O3.H2O/c27-23(28)14-9-10-20-17(11-14)22(16-6-2-1-5-15(16)13-29-20)24-12-21-25-18-7-3-4-8-19(18)26-21;/h1-11,22,24H,12-13H2,(H,25,26)(H,27,28);1H2. The lowest BCUT2D eigenvalue weighted by molar-refractivity contribution is 0.0696. The van der Waals surface area contributed by atoms with Crippen LogP contribution in [0.5, 0.6) is 5.75 Å². The van der Waals surface area contributed by atoms with Crippen LogP contribution in [0.4, 0.5) is 0 Å². The molecule has 1 aliphatic heterocycles. The monoisotopic (exact) mass is 403 g/mol. The van der Waals surface area contributed by atoms with Gasteiger partial charge in [0.2, 0.25) is 0 Å². The number of carboxylic acid groups (broad SMARTS) is 1. The number of fused-ring (bicyclic) bond motifs is 3. The molecule has 1 unspecified atom stereocenters. The SMILES string of the molecule is O.O=C(O)c1ccc2c(c1)C(NCc1nc3ccccc3[nH]1)c1ccccc1CO2. The molecule has 2 heterocycles. The van der Waals surface area contributed by atoms with Gasteiger partial charge in [0.15, 0.2) is 0 Å². The summed E-state index contributed by atoms with van der Waals surface area (Å²) < 4.78 is 5.98. The largest absolute Gasteiger partial charge is 0.489 e. The van der Waals surface area contributed by atoms with Crippen molar-refractivity contribution < 1.29 is 20.1 Å². The molecule has 4 aromatic rings. The predicted octanol–water partition coefficient (Wildman–Crippen LogP) is 3.21. The maximum atomic E-state index is 11.5. The summed E-state index contributed by atoms with van der Waals surface area (Å²) in [5.41, 5.74) is 5.10. The van der Waals surface area contributed by atoms with Crippen LogP contribution in [-0.2, 0) is 13.2 Å². The van der Waals surface area contributed by atoms with Crippen LogP contribution in [0.15, 0.2) is 66.7 Å². The molecule has 5 rings (SSSR count). The van der Waals surface area contributed by atoms with Gasteiger partial charge in [-0.25, -0.2) is 9.78 Å². The number of benzene rings is 3. The average Bonchev–Trinajstić information content (AvgIpc) is 3.09. The van der Waals surface area contributed by atoms with Gasteiger partial charge in [0.05, 0.1) is 29.2 Å². The number of nitrogens with zero attached hydrogens (tertiary/aromatic N) is 1. The molecule has 7 heteroatoms. The highest BCUT2D eigenvalue weighted by molar-refractivity contribution is 5.88. The van der Waals surface area contributed by atoms with Gasteiger partial charge in [0, 0.05) is 5.56 Å². The van der Waals surface area contributed by atoms with Crippen LogP contribution in [-0.4, -0.2) is 26.5 Å². The molecule has 0 saturated carbocycles. The summed E-state index contributed by atoms with van der Waals surface area (Å²) in [4.78, 5) is 19.5. The van der Waals surface area contributed by atoms with Crippen LogP contribution in [0.25, 0.3) is 11.0 Å². The smallest absolute Gasteiger partial charge is 0.335 e. The van der Waals surface area contributed by atoms with E-state index in [-0.39, 0.29) is 17.1 Å². The number of aromatic amines is 1. The molecular weight excluding hydrogens is 382 g/mol. The highest BCUT2D eigenvalue weighted by Gasteiger charge is 2.25. The van der Waals surface area contributed by atoms with Crippen LogP contribution in [0.2, 0.25) is 0 Å². The van der Waals surface area contributed by atoms with Gasteiger partial charge in [-0.1, -0.05) is 36.4 Å². The molecule has 152 valence electrons. The van der Waals surface area contributed by atoms with Crippen molar-refractivity contribution in [2.45, 2.75) is 19.2 Å². The number of imidazole rings is 1. The van der Waals surface area contributed by atoms with Gasteiger partial charge < -0.3 is 20.3 Å². The number of nitrogens with one attached hydrogen (secondary N) is 2. The van der Waals surface area contributed by atoms with Crippen molar-refractivity contribution in [2.24, 2.45) is 0 Å². The van der Waals surface area contributed by atoms with Crippen molar-refractivity contribution in [1.82, 2.24) is 15.3 Å². The van der Waals surface area contributed by atoms with E-state index in [1.54, 1.807) is 18.2 Å². The first kappa shape index (κ1) is 19.6. The second-order valence-electron chi connectivity index (χ2n) is 7.06. The minimum absolute atomic E-state index is 0. The van der Waals surface area contributed by atoms with Crippen LogP contribution >= 0.6 is 0 Å². The number of carbonyl (C=O) groups is 1. The first-order valence-electron chi connectivity index (χ1n) is 9.44. The maximum Gasteiger partial charge on any atom is 0.335 e. The molecule has 0 fully saturated rings. The molecule has 1 atom stereocenters. The van der Waals surface area contributed by atoms with Crippen molar-refractivity contribution in [3.63, 3.8) is 0 Å². The molecule has 1 aromatic heterocycles. The van der Waals surface area contributed by atoms with E-state index in [1.165, 1.54) is 0 Å². The quantitative estimate of drug-likeness (QED) is 0.483. The molecular formula is C23H21N3O4. The van der Waals surface area contributed by atoms with Crippen molar-refractivity contribution >= 4 is 17.0 Å². The maximum absolute atomic E-state index is 11.5. The van der Waals surface area contributed by atoms with E-state index in [0.717, 1.165) is 33.5 Å². The van der Waals surface area contributed by atoms with Crippen molar-refractivity contribution in [2.75, 3.05) is 0 Å². The summed E-state index contributed by atoms with van der Waals surface area (Å²) >= 11 is 0. The molecule has 1 aliphatic rings. The average molecular weight is 403 g/mol. The third kappa shape index (κ3) is 3.52. The summed E-state index contributed by atoms with van der Waals surface area (Å²) in [6.07, 6.45) is 0. The number of aromatic nitrogens is 2. The lowest BCUT2D eigenvalue weighted by atomic mass is 9.94. The minimum atomic E-state index is -0.957. The Morgan fingerprint density at radius 2 is 1.90 bits per heavy atom. The normalized spacial score (nSPS) is 14.7. The summed E-state index contributed by atoms with van der Waals surface area (Å²) in [5, 5.41) is 13.0. The summed E-state index contributed by atoms with van der Waals surface area (Å²) in [5.74, 6) is 0.555. The molecule has 3 aromatic carbocycles. The summed E-state index contributed by atoms with van der Waals surface area (Å²) in [6, 6.07) is 20.8. The molecule has 0 bridgehead atoms. The Morgan fingerprint density at radius 3 is 2.73 bits per heavy atom. The molecule has 5 N–H and O–H groups in total. The zero-order valence-corrected chi connectivity index (χ0v) is 16.1. The zero-order chi connectivity index (χ0) is 19.8. The van der Waals surface area contributed by atoms with Gasteiger partial charge in [-0.05, 0) is 41.5 Å². The summed E-state index contributed by atoms with van der Waals surface area (Å²) in [7, 11) is 0. The van der Waals surface area contributed by atoms with E-state index in [9.17, 15) is 9.90 Å². The summed E-state index contributed by atoms with van der Waals surface area (Å²) in [6.45, 7) is 0.947. The third-order valence-electron chi connectivity index (χ3n) is 5.23. The number of ether oxygens (including phenoxy) is 1. The highest BCUT2D eigenvalue weighted by atomic mass is 16.5. The van der Waals surface area contributed by atoms with Crippen molar-refractivity contribution in [3.8, 4) is 5.75 Å². The van der Waals surface area contributed by atoms with Gasteiger partial charge in [-0.3, -0.25) is 5.32 Å². The van der Waals surface area contributed by atoms with Gasteiger partial charge >= 0.3 is 5.97 Å². The van der Waals surface area contributed by atoms with E-state index >= 15 is 0 Å². The Hall–Kier alpha value is -3.68. The number of hydrogen-bond donors (Lipinski definition) is 3. The molecule has 0 saturated heterocycles. The number of H-pyrrole nitrogens is 1. The fourth-order valence-electron chi connectivity index (χ4n) is 3.82. The Morgan fingerprint density at radius 1 is 1.10 bits per heavy atom. The predicted molar refractivity (Wildman–Crippen MR) is 113 cm³/mol. The van der Waals surface area contributed by atoms with E-state index in [2.05, 4.69) is 21.4 Å². The van der Waals surface area contributed by atoms with Crippen LogP contribution < -0.4 is 10.1 Å². The lowest BCUT2D eigenvalue weighted by Crippen LogP contribution is -2.23. The van der Waals surface area contributed by atoms with Crippen LogP contribution in [0.1, 0.15) is 38.9 Å². The van der Waals surface area contributed by atoms with Gasteiger partial charge in [0.1, 0.15) is 18.2 Å². The zero-order valence-electron chi connectivity index (χ0n) is 16.1. The Labute approximate surface area is 172 Å². The lowest BCUT2D eigenvalue weighted by Gasteiger charge is -2.20. The van der Waals surface area contributed by atoms with Crippen LogP contribution in [0, 0.1) is 0 Å². The van der Waals surface area contributed by atoms with Gasteiger partial charge in [0.25, 0.3) is 0 Å². The van der Waals surface area contributed by atoms with Gasteiger partial charge in [-0.2, -0.15) is 0 Å². The topological polar surface area (TPSA) is 119 Å². The fourth-order valence-corrected chi connectivity index (χ4v) is 3.82. The van der Waals surface area contributed by atoms with E-state index in [1.807, 2.05) is 42.5 Å². The fraction of sp³-hybridized carbons (Fsp3) is 0.130. The van der Waals surface area contributed by atoms with Crippen molar-refractivity contribution in [3.05, 3.63) is 94.8 Å². The Balaban J connectivity index is 0.00000218. The molecule has 0 aliphatic carbocycles. The second-order valence-corrected chi connectivity index (χ2v) is 7.06. The first-order chi connectivity index (χ1) is 14.2. The number of rotatable bonds is 4.